The van der Waals surface area contributed by atoms with Crippen molar-refractivity contribution >= 4 is 11.3 Å². The molecule has 6 nitrogen and oxygen atoms in total. The van der Waals surface area contributed by atoms with Crippen LogP contribution in [0.3, 0.4) is 0 Å². The Morgan fingerprint density at radius 2 is 1.96 bits per heavy atom. The van der Waals surface area contributed by atoms with Crippen molar-refractivity contribution in [3.63, 3.8) is 0 Å². The van der Waals surface area contributed by atoms with E-state index in [9.17, 15) is 0 Å². The van der Waals surface area contributed by atoms with Crippen LogP contribution in [0, 0.1) is 5.92 Å². The highest BCUT2D eigenvalue weighted by Gasteiger charge is 2.29. The van der Waals surface area contributed by atoms with Gasteiger partial charge < -0.3 is 14.5 Å². The van der Waals surface area contributed by atoms with E-state index >= 15 is 0 Å². The predicted octanol–water partition coefficient (Wildman–Crippen LogP) is 2.16. The summed E-state index contributed by atoms with van der Waals surface area (Å²) in [6.45, 7) is 7.17. The van der Waals surface area contributed by atoms with E-state index in [4.69, 9.17) is 14.8 Å². The number of likely N-dealkylation sites (tertiary alicyclic amines) is 1. The molecule has 25 heavy (non-hydrogen) atoms. The van der Waals surface area contributed by atoms with Gasteiger partial charge in [-0.15, -0.1) is 0 Å². The number of pyridine rings is 1. The summed E-state index contributed by atoms with van der Waals surface area (Å²) >= 11 is 0. The van der Waals surface area contributed by atoms with Crippen molar-refractivity contribution in [1.29, 1.82) is 0 Å². The lowest BCUT2D eigenvalue weighted by Crippen LogP contribution is -2.36. The molecule has 1 saturated carbocycles. The van der Waals surface area contributed by atoms with Crippen LogP contribution in [-0.4, -0.2) is 65.4 Å². The maximum atomic E-state index is 5.45. The van der Waals surface area contributed by atoms with Crippen molar-refractivity contribution in [2.45, 2.75) is 31.6 Å². The van der Waals surface area contributed by atoms with Gasteiger partial charge in [0.25, 0.3) is 0 Å². The molecule has 0 radical (unpaired) electrons. The zero-order valence-corrected chi connectivity index (χ0v) is 14.8. The molecular weight excluding hydrogens is 314 g/mol. The van der Waals surface area contributed by atoms with Crippen molar-refractivity contribution < 1.29 is 4.74 Å². The number of hydrogen-bond donors (Lipinski definition) is 0. The summed E-state index contributed by atoms with van der Waals surface area (Å²) in [7, 11) is 0. The van der Waals surface area contributed by atoms with Crippen molar-refractivity contribution in [3.05, 3.63) is 24.2 Å². The molecule has 4 heterocycles. The summed E-state index contributed by atoms with van der Waals surface area (Å²) < 4.78 is 7.43. The van der Waals surface area contributed by atoms with E-state index in [1.54, 1.807) is 0 Å². The molecule has 1 aliphatic carbocycles. The van der Waals surface area contributed by atoms with E-state index in [2.05, 4.69) is 28.1 Å². The van der Waals surface area contributed by atoms with Gasteiger partial charge in [-0.25, -0.2) is 9.50 Å². The molecule has 2 aromatic heterocycles. The molecule has 0 spiro atoms. The Labute approximate surface area is 148 Å². The number of ether oxygens (including phenoxy) is 1. The van der Waals surface area contributed by atoms with Crippen LogP contribution in [0.1, 0.15) is 37.4 Å². The summed E-state index contributed by atoms with van der Waals surface area (Å²) in [6, 6.07) is 4.27. The Hall–Kier alpha value is -1.66. The molecule has 0 bridgehead atoms. The topological polar surface area (TPSA) is 45.9 Å². The lowest BCUT2D eigenvalue weighted by molar-refractivity contribution is 0.122. The normalized spacial score (nSPS) is 25.6. The SMILES string of the molecule is c1cc2nc(C3CCCN(CC4CC4)C3)nn2cc1N1CCOCC1. The van der Waals surface area contributed by atoms with E-state index in [1.165, 1.54) is 44.5 Å². The van der Waals surface area contributed by atoms with Crippen molar-refractivity contribution in [1.82, 2.24) is 19.5 Å². The number of piperidine rings is 1. The molecule has 5 rings (SSSR count). The Bertz CT molecular complexity index is 734. The van der Waals surface area contributed by atoms with Crippen LogP contribution < -0.4 is 4.90 Å². The highest BCUT2D eigenvalue weighted by Crippen LogP contribution is 2.32. The van der Waals surface area contributed by atoms with Gasteiger partial charge in [-0.05, 0) is 50.3 Å². The van der Waals surface area contributed by atoms with Crippen LogP contribution in [0.5, 0.6) is 0 Å². The van der Waals surface area contributed by atoms with Gasteiger partial charge in [-0.2, -0.15) is 5.10 Å². The van der Waals surface area contributed by atoms with Crippen molar-refractivity contribution in [3.8, 4) is 0 Å². The fourth-order valence-electron chi connectivity index (χ4n) is 4.17. The zero-order chi connectivity index (χ0) is 16.6. The number of anilines is 1. The molecule has 134 valence electrons. The molecule has 2 saturated heterocycles. The first-order valence-electron chi connectivity index (χ1n) is 9.76. The fourth-order valence-corrected chi connectivity index (χ4v) is 4.17. The van der Waals surface area contributed by atoms with Gasteiger partial charge in [0, 0.05) is 32.1 Å². The maximum Gasteiger partial charge on any atom is 0.156 e. The molecular formula is C19H27N5O. The van der Waals surface area contributed by atoms with E-state index in [0.717, 1.165) is 50.2 Å². The van der Waals surface area contributed by atoms with Crippen LogP contribution in [0.25, 0.3) is 5.65 Å². The number of nitrogens with zero attached hydrogens (tertiary/aromatic N) is 5. The third-order valence-electron chi connectivity index (χ3n) is 5.79. The van der Waals surface area contributed by atoms with Crippen LogP contribution in [0.2, 0.25) is 0 Å². The van der Waals surface area contributed by atoms with Gasteiger partial charge in [0.1, 0.15) is 0 Å². The first-order valence-corrected chi connectivity index (χ1v) is 9.76. The van der Waals surface area contributed by atoms with E-state index in [1.807, 2.05) is 4.52 Å². The van der Waals surface area contributed by atoms with Crippen molar-refractivity contribution in [2.24, 2.45) is 5.92 Å². The second-order valence-corrected chi connectivity index (χ2v) is 7.80. The van der Waals surface area contributed by atoms with Gasteiger partial charge in [-0.1, -0.05) is 0 Å². The van der Waals surface area contributed by atoms with E-state index in [0.29, 0.717) is 5.92 Å². The predicted molar refractivity (Wildman–Crippen MR) is 97.2 cm³/mol. The quantitative estimate of drug-likeness (QED) is 0.853. The van der Waals surface area contributed by atoms with Crippen LogP contribution in [-0.2, 0) is 4.74 Å². The number of rotatable bonds is 4. The Kier molecular flexibility index (Phi) is 4.10. The molecule has 3 fully saturated rings. The monoisotopic (exact) mass is 341 g/mol. The third-order valence-corrected chi connectivity index (χ3v) is 5.79. The fraction of sp³-hybridized carbons (Fsp3) is 0.684. The van der Waals surface area contributed by atoms with Crippen LogP contribution in [0.15, 0.2) is 18.3 Å². The summed E-state index contributed by atoms with van der Waals surface area (Å²) in [5.41, 5.74) is 2.18. The molecule has 2 aromatic rings. The lowest BCUT2D eigenvalue weighted by atomic mass is 9.97. The largest absolute Gasteiger partial charge is 0.378 e. The van der Waals surface area contributed by atoms with Gasteiger partial charge in [0.15, 0.2) is 11.5 Å². The molecule has 0 amide bonds. The Balaban J connectivity index is 1.34. The van der Waals surface area contributed by atoms with Gasteiger partial charge in [0.2, 0.25) is 0 Å². The van der Waals surface area contributed by atoms with Gasteiger partial charge in [-0.3, -0.25) is 0 Å². The molecule has 0 aromatic carbocycles. The maximum absolute atomic E-state index is 5.45. The highest BCUT2D eigenvalue weighted by atomic mass is 16.5. The smallest absolute Gasteiger partial charge is 0.156 e. The second-order valence-electron chi connectivity index (χ2n) is 7.80. The van der Waals surface area contributed by atoms with Crippen LogP contribution >= 0.6 is 0 Å². The summed E-state index contributed by atoms with van der Waals surface area (Å²) in [6.07, 6.45) is 7.47. The molecule has 1 unspecified atom stereocenters. The molecule has 6 heteroatoms. The molecule has 3 aliphatic rings. The minimum absolute atomic E-state index is 0.485. The summed E-state index contributed by atoms with van der Waals surface area (Å²) in [4.78, 5) is 9.83. The number of morpholine rings is 1. The van der Waals surface area contributed by atoms with Gasteiger partial charge >= 0.3 is 0 Å². The molecule has 0 N–H and O–H groups in total. The lowest BCUT2D eigenvalue weighted by Gasteiger charge is -2.31. The average Bonchev–Trinajstić information content (AvgIpc) is 3.37. The van der Waals surface area contributed by atoms with E-state index < -0.39 is 0 Å². The minimum Gasteiger partial charge on any atom is -0.378 e. The number of fused-ring (bicyclic) bond motifs is 1. The standard InChI is InChI=1S/C19H27N5O/c1-2-16(13-22(7-1)12-15-3-4-15)19-20-18-6-5-17(14-24(18)21-19)23-8-10-25-11-9-23/h5-6,14-16H,1-4,7-13H2. The molecule has 2 aliphatic heterocycles. The van der Waals surface area contributed by atoms with Crippen molar-refractivity contribution in [2.75, 3.05) is 50.8 Å². The van der Waals surface area contributed by atoms with Crippen LogP contribution in [0.4, 0.5) is 5.69 Å². The first kappa shape index (κ1) is 15.6. The first-order chi connectivity index (χ1) is 12.3. The zero-order valence-electron chi connectivity index (χ0n) is 14.8. The Morgan fingerprint density at radius 3 is 2.80 bits per heavy atom. The average molecular weight is 341 g/mol. The summed E-state index contributed by atoms with van der Waals surface area (Å²) in [5.74, 6) is 2.47. The number of aromatic nitrogens is 3. The molecule has 1 atom stereocenters. The third kappa shape index (κ3) is 3.37. The second kappa shape index (κ2) is 6.57. The summed E-state index contributed by atoms with van der Waals surface area (Å²) in [5, 5.41) is 4.84. The minimum atomic E-state index is 0.485. The highest BCUT2D eigenvalue weighted by molar-refractivity contribution is 5.51. The Morgan fingerprint density at radius 1 is 1.08 bits per heavy atom. The van der Waals surface area contributed by atoms with Gasteiger partial charge in [0.05, 0.1) is 25.1 Å². The van der Waals surface area contributed by atoms with E-state index in [-0.39, 0.29) is 0 Å². The number of hydrogen-bond acceptors (Lipinski definition) is 5.